The summed E-state index contributed by atoms with van der Waals surface area (Å²) in [6.45, 7) is 8.85. The number of rotatable bonds is 10. The van der Waals surface area contributed by atoms with Crippen molar-refractivity contribution in [2.45, 2.75) is 58.7 Å². The molecule has 0 aliphatic carbocycles. The largest absolute Gasteiger partial charge is 0.466 e. The number of aryl methyl sites for hydroxylation is 1. The van der Waals surface area contributed by atoms with Gasteiger partial charge in [0.25, 0.3) is 5.91 Å². The lowest BCUT2D eigenvalue weighted by atomic mass is 10.0. The number of carbonyl (C=O) groups is 4. The number of ether oxygens (including phenoxy) is 2. The molecule has 2 unspecified atom stereocenters. The lowest BCUT2D eigenvalue weighted by molar-refractivity contribution is -0.143. The predicted molar refractivity (Wildman–Crippen MR) is 131 cm³/mol. The monoisotopic (exact) mass is 491 g/mol. The maximum Gasteiger partial charge on any atom is 0.408 e. The lowest BCUT2D eigenvalue weighted by Crippen LogP contribution is -2.52. The Morgan fingerprint density at radius 3 is 2.29 bits per heavy atom. The first-order valence-corrected chi connectivity index (χ1v) is 11.5. The maximum atomic E-state index is 13.3. The molecule has 0 aromatic heterocycles. The van der Waals surface area contributed by atoms with Crippen molar-refractivity contribution in [1.82, 2.24) is 15.5 Å². The molecule has 0 spiro atoms. The number of amides is 3. The van der Waals surface area contributed by atoms with E-state index in [0.29, 0.717) is 5.56 Å². The van der Waals surface area contributed by atoms with Crippen LogP contribution in [0.1, 0.15) is 51.3 Å². The van der Waals surface area contributed by atoms with Gasteiger partial charge in [0, 0.05) is 18.3 Å². The van der Waals surface area contributed by atoms with Crippen LogP contribution in [0.15, 0.2) is 24.3 Å². The molecule has 34 heavy (non-hydrogen) atoms. The fourth-order valence-corrected chi connectivity index (χ4v) is 3.10. The van der Waals surface area contributed by atoms with Crippen LogP contribution in [0.4, 0.5) is 4.79 Å². The van der Waals surface area contributed by atoms with Crippen LogP contribution in [-0.4, -0.2) is 59.3 Å². The molecule has 3 amide bonds. The Morgan fingerprint density at radius 2 is 1.79 bits per heavy atom. The summed E-state index contributed by atoms with van der Waals surface area (Å²) < 4.78 is 10.1. The minimum absolute atomic E-state index is 0.00121. The second-order valence-electron chi connectivity index (χ2n) is 8.38. The molecular formula is C24H33N3O6S. The van der Waals surface area contributed by atoms with Crippen LogP contribution in [-0.2, 0) is 23.9 Å². The van der Waals surface area contributed by atoms with Gasteiger partial charge in [0.1, 0.15) is 17.7 Å². The Balaban J connectivity index is 3.15. The summed E-state index contributed by atoms with van der Waals surface area (Å²) in [5.41, 5.74) is 0.632. The number of thiol groups is 1. The number of carbonyl (C=O) groups excluding carboxylic acids is 4. The van der Waals surface area contributed by atoms with Gasteiger partial charge in [-0.3, -0.25) is 19.3 Å². The van der Waals surface area contributed by atoms with Gasteiger partial charge in [0.2, 0.25) is 5.91 Å². The molecule has 9 nitrogen and oxygen atoms in total. The number of hydrogen-bond acceptors (Lipinski definition) is 7. The first-order valence-electron chi connectivity index (χ1n) is 10.8. The number of esters is 1. The summed E-state index contributed by atoms with van der Waals surface area (Å²) in [4.78, 5) is 51.1. The molecule has 186 valence electrons. The highest BCUT2D eigenvalue weighted by molar-refractivity contribution is 7.80. The third-order valence-electron chi connectivity index (χ3n) is 4.38. The number of hydrogen-bond donors (Lipinski definition) is 3. The second-order valence-corrected chi connectivity index (χ2v) is 8.74. The molecule has 0 saturated heterocycles. The average molecular weight is 492 g/mol. The minimum Gasteiger partial charge on any atom is -0.466 e. The van der Waals surface area contributed by atoms with Crippen LogP contribution in [0.25, 0.3) is 0 Å². The van der Waals surface area contributed by atoms with E-state index in [2.05, 4.69) is 29.3 Å². The molecular weight excluding hydrogens is 458 g/mol. The standard InChI is InChI=1S/C24H33N3O6S/c1-7-27(22(30)18(15-34)26-23(31)33-24(4,5)6)20(17-11-9-16(3)10-12-17)21(29)25-14-13-19(28)32-8-2/h1,9-12,18,20,34H,8,13-15H2,2-6H3,(H,25,29)(H,26,31). The van der Waals surface area contributed by atoms with Crippen molar-refractivity contribution in [2.24, 2.45) is 0 Å². The highest BCUT2D eigenvalue weighted by atomic mass is 32.1. The van der Waals surface area contributed by atoms with Crippen molar-refractivity contribution < 1.29 is 28.7 Å². The van der Waals surface area contributed by atoms with Gasteiger partial charge in [-0.1, -0.05) is 36.3 Å². The number of alkyl carbamates (subject to hydrolysis) is 1. The van der Waals surface area contributed by atoms with E-state index in [1.807, 2.05) is 6.92 Å². The van der Waals surface area contributed by atoms with E-state index in [0.717, 1.165) is 10.5 Å². The summed E-state index contributed by atoms with van der Waals surface area (Å²) in [5.74, 6) is -1.85. The molecule has 0 bridgehead atoms. The predicted octanol–water partition coefficient (Wildman–Crippen LogP) is 2.35. The van der Waals surface area contributed by atoms with Gasteiger partial charge in [0.05, 0.1) is 13.0 Å². The Bertz CT molecular complexity index is 905. The topological polar surface area (TPSA) is 114 Å². The molecule has 10 heteroatoms. The molecule has 2 N–H and O–H groups in total. The van der Waals surface area contributed by atoms with Gasteiger partial charge < -0.3 is 20.1 Å². The lowest BCUT2D eigenvalue weighted by Gasteiger charge is -2.30. The Labute approximate surface area is 206 Å². The van der Waals surface area contributed by atoms with Crippen LogP contribution in [0, 0.1) is 19.4 Å². The molecule has 0 aliphatic heterocycles. The summed E-state index contributed by atoms with van der Waals surface area (Å²) >= 11 is 4.16. The normalized spacial score (nSPS) is 12.5. The zero-order valence-corrected chi connectivity index (χ0v) is 21.1. The maximum absolute atomic E-state index is 13.3. The molecule has 0 saturated carbocycles. The van der Waals surface area contributed by atoms with Crippen LogP contribution in [0.2, 0.25) is 0 Å². The van der Waals surface area contributed by atoms with Gasteiger partial charge in [-0.15, -0.1) is 0 Å². The first-order chi connectivity index (χ1) is 15.9. The van der Waals surface area contributed by atoms with Gasteiger partial charge in [-0.25, -0.2) is 4.79 Å². The smallest absolute Gasteiger partial charge is 0.408 e. The zero-order chi connectivity index (χ0) is 25.9. The zero-order valence-electron chi connectivity index (χ0n) is 20.2. The summed E-state index contributed by atoms with van der Waals surface area (Å²) in [5, 5.41) is 5.07. The summed E-state index contributed by atoms with van der Waals surface area (Å²) in [6.07, 6.45) is 4.80. The first kappa shape index (κ1) is 28.8. The second kappa shape index (κ2) is 13.5. The molecule has 1 aromatic carbocycles. The van der Waals surface area contributed by atoms with Crippen molar-refractivity contribution in [3.8, 4) is 12.5 Å². The molecule has 0 radical (unpaired) electrons. The number of terminal acetylenes is 1. The van der Waals surface area contributed by atoms with Crippen molar-refractivity contribution in [3.05, 3.63) is 35.4 Å². The van der Waals surface area contributed by atoms with Crippen LogP contribution in [0.5, 0.6) is 0 Å². The molecule has 0 heterocycles. The van der Waals surface area contributed by atoms with Gasteiger partial charge >= 0.3 is 12.1 Å². The number of nitrogens with zero attached hydrogens (tertiary/aromatic N) is 1. The molecule has 0 aliphatic rings. The van der Waals surface area contributed by atoms with E-state index in [1.165, 1.54) is 0 Å². The van der Waals surface area contributed by atoms with E-state index in [9.17, 15) is 19.2 Å². The van der Waals surface area contributed by atoms with Crippen LogP contribution >= 0.6 is 12.6 Å². The van der Waals surface area contributed by atoms with Gasteiger partial charge in [-0.05, 0) is 40.2 Å². The number of nitrogens with one attached hydrogen (secondary N) is 2. The molecule has 0 fully saturated rings. The van der Waals surface area contributed by atoms with Gasteiger partial charge in [0.15, 0.2) is 0 Å². The average Bonchev–Trinajstić information content (AvgIpc) is 2.75. The van der Waals surface area contributed by atoms with Crippen molar-refractivity contribution in [3.63, 3.8) is 0 Å². The molecule has 1 rings (SSSR count). The quantitative estimate of drug-likeness (QED) is 0.200. The fraction of sp³-hybridized carbons (Fsp3) is 0.500. The van der Waals surface area contributed by atoms with E-state index in [1.54, 1.807) is 52.0 Å². The third kappa shape index (κ3) is 9.35. The minimum atomic E-state index is -1.21. The molecule has 2 atom stereocenters. The molecule has 1 aromatic rings. The number of benzene rings is 1. The highest BCUT2D eigenvalue weighted by Gasteiger charge is 2.35. The highest BCUT2D eigenvalue weighted by Crippen LogP contribution is 2.23. The SMILES string of the molecule is C#CN(C(=O)C(CS)NC(=O)OC(C)(C)C)C(C(=O)NCCC(=O)OCC)c1ccc(C)cc1. The Hall–Kier alpha value is -3.19. The fourth-order valence-electron chi connectivity index (χ4n) is 2.85. The Kier molecular flexibility index (Phi) is 11.5. The van der Waals surface area contributed by atoms with E-state index in [4.69, 9.17) is 15.9 Å². The van der Waals surface area contributed by atoms with Crippen LogP contribution in [0.3, 0.4) is 0 Å². The van der Waals surface area contributed by atoms with Gasteiger partial charge in [-0.2, -0.15) is 12.6 Å². The van der Waals surface area contributed by atoms with Crippen LogP contribution < -0.4 is 10.6 Å². The summed E-state index contributed by atoms with van der Waals surface area (Å²) in [6, 6.07) is 6.83. The summed E-state index contributed by atoms with van der Waals surface area (Å²) in [7, 11) is 0. The third-order valence-corrected chi connectivity index (χ3v) is 4.75. The van der Waals surface area contributed by atoms with E-state index in [-0.39, 0.29) is 25.3 Å². The van der Waals surface area contributed by atoms with E-state index < -0.39 is 41.6 Å². The Morgan fingerprint density at radius 1 is 1.18 bits per heavy atom. The van der Waals surface area contributed by atoms with Crippen molar-refractivity contribution in [1.29, 1.82) is 0 Å². The van der Waals surface area contributed by atoms with Crippen molar-refractivity contribution in [2.75, 3.05) is 18.9 Å². The van der Waals surface area contributed by atoms with Crippen molar-refractivity contribution >= 4 is 36.5 Å². The van der Waals surface area contributed by atoms with E-state index >= 15 is 0 Å².